The minimum Gasteiger partial charge on any atom is -0.492 e. The molecule has 1 aliphatic rings. The Morgan fingerprint density at radius 3 is 2.21 bits per heavy atom. The molecule has 0 bridgehead atoms. The first-order valence-electron chi connectivity index (χ1n) is 10.3. The average molecular weight is 500 g/mol. The molecule has 1 aliphatic heterocycles. The van der Waals surface area contributed by atoms with Crippen molar-refractivity contribution in [2.24, 2.45) is 0 Å². The summed E-state index contributed by atoms with van der Waals surface area (Å²) < 4.78 is 70.1. The smallest absolute Gasteiger partial charge is 0.243 e. The normalized spacial score (nSPS) is 14.7. The van der Waals surface area contributed by atoms with Crippen LogP contribution < -0.4 is 14.4 Å². The molecule has 12 heteroatoms. The van der Waals surface area contributed by atoms with E-state index in [4.69, 9.17) is 4.74 Å². The predicted molar refractivity (Wildman–Crippen MR) is 122 cm³/mol. The first kappa shape index (κ1) is 24.9. The van der Waals surface area contributed by atoms with Crippen LogP contribution in [-0.4, -0.2) is 66.1 Å². The van der Waals surface area contributed by atoms with Gasteiger partial charge in [0, 0.05) is 13.1 Å². The van der Waals surface area contributed by atoms with Crippen LogP contribution in [0.4, 0.5) is 10.1 Å². The van der Waals surface area contributed by atoms with E-state index in [9.17, 15) is 26.0 Å². The first-order chi connectivity index (χ1) is 15.6. The molecule has 0 radical (unpaired) electrons. The molecule has 1 heterocycles. The number of benzene rings is 2. The Balaban J connectivity index is 1.49. The Labute approximate surface area is 193 Å². The fraction of sp³-hybridized carbons (Fsp3) is 0.381. The summed E-state index contributed by atoms with van der Waals surface area (Å²) in [6.45, 7) is 0.789. The molecule has 0 atom stereocenters. The highest BCUT2D eigenvalue weighted by molar-refractivity contribution is 7.92. The summed E-state index contributed by atoms with van der Waals surface area (Å²) in [6, 6.07) is 10.8. The van der Waals surface area contributed by atoms with Gasteiger partial charge in [0.2, 0.25) is 26.0 Å². The van der Waals surface area contributed by atoms with Crippen LogP contribution in [0.3, 0.4) is 0 Å². The zero-order chi connectivity index (χ0) is 24.1. The van der Waals surface area contributed by atoms with Gasteiger partial charge in [-0.15, -0.1) is 0 Å². The number of rotatable bonds is 10. The summed E-state index contributed by atoms with van der Waals surface area (Å²) in [5.74, 6) is -0.635. The third-order valence-corrected chi connectivity index (χ3v) is 8.08. The lowest BCUT2D eigenvalue weighted by Crippen LogP contribution is -2.41. The monoisotopic (exact) mass is 499 g/mol. The third-order valence-electron chi connectivity index (χ3n) is 5.02. The summed E-state index contributed by atoms with van der Waals surface area (Å²) in [7, 11) is -7.25. The molecular weight excluding hydrogens is 473 g/mol. The molecule has 2 aromatic rings. The minimum absolute atomic E-state index is 0.0966. The average Bonchev–Trinajstić information content (AvgIpc) is 3.31. The molecule has 1 saturated heterocycles. The van der Waals surface area contributed by atoms with Crippen LogP contribution in [0.2, 0.25) is 0 Å². The summed E-state index contributed by atoms with van der Waals surface area (Å²) in [4.78, 5) is 12.4. The van der Waals surface area contributed by atoms with Crippen LogP contribution in [0, 0.1) is 5.82 Å². The van der Waals surface area contributed by atoms with Crippen molar-refractivity contribution in [2.45, 2.75) is 17.7 Å². The number of carbonyl (C=O) groups is 1. The van der Waals surface area contributed by atoms with Gasteiger partial charge in [-0.25, -0.2) is 21.2 Å². The molecule has 0 aromatic heterocycles. The van der Waals surface area contributed by atoms with Crippen molar-refractivity contribution in [3.8, 4) is 5.75 Å². The number of nitrogens with zero attached hydrogens (tertiary/aromatic N) is 2. The highest BCUT2D eigenvalue weighted by atomic mass is 32.2. The van der Waals surface area contributed by atoms with E-state index in [1.807, 2.05) is 0 Å². The van der Waals surface area contributed by atoms with Gasteiger partial charge in [0.25, 0.3) is 0 Å². The first-order valence-corrected chi connectivity index (χ1v) is 13.6. The summed E-state index contributed by atoms with van der Waals surface area (Å²) in [6.07, 6.45) is 2.68. The number of nitrogens with one attached hydrogen (secondary N) is 1. The third kappa shape index (κ3) is 6.65. The van der Waals surface area contributed by atoms with Crippen molar-refractivity contribution in [1.82, 2.24) is 9.62 Å². The highest BCUT2D eigenvalue weighted by Crippen LogP contribution is 2.23. The van der Waals surface area contributed by atoms with E-state index >= 15 is 0 Å². The minimum atomic E-state index is -3.76. The van der Waals surface area contributed by atoms with Gasteiger partial charge in [0.05, 0.1) is 23.4 Å². The van der Waals surface area contributed by atoms with Crippen LogP contribution in [0.15, 0.2) is 53.4 Å². The van der Waals surface area contributed by atoms with Gasteiger partial charge < -0.3 is 10.1 Å². The van der Waals surface area contributed by atoms with Crippen molar-refractivity contribution in [3.63, 3.8) is 0 Å². The lowest BCUT2D eigenvalue weighted by atomic mass is 10.3. The van der Waals surface area contributed by atoms with E-state index < -0.39 is 38.3 Å². The number of halogens is 1. The summed E-state index contributed by atoms with van der Waals surface area (Å²) in [5.41, 5.74) is 0.175. The second-order valence-corrected chi connectivity index (χ2v) is 11.4. The SMILES string of the molecule is CS(=O)(=O)N(CC(=O)NCCOc1ccc(S(=O)(=O)N2CCCC2)cc1)c1ccc(F)cc1. The van der Waals surface area contributed by atoms with E-state index in [1.54, 1.807) is 12.1 Å². The highest BCUT2D eigenvalue weighted by Gasteiger charge is 2.27. The lowest BCUT2D eigenvalue weighted by Gasteiger charge is -2.21. The van der Waals surface area contributed by atoms with Crippen molar-refractivity contribution < 1.29 is 30.8 Å². The molecule has 0 saturated carbocycles. The van der Waals surface area contributed by atoms with Gasteiger partial charge >= 0.3 is 0 Å². The molecule has 0 spiro atoms. The predicted octanol–water partition coefficient (Wildman–Crippen LogP) is 1.57. The molecule has 9 nitrogen and oxygen atoms in total. The van der Waals surface area contributed by atoms with Crippen LogP contribution in [0.1, 0.15) is 12.8 Å². The van der Waals surface area contributed by atoms with Crippen molar-refractivity contribution in [2.75, 3.05) is 43.3 Å². The molecule has 180 valence electrons. The van der Waals surface area contributed by atoms with Gasteiger partial charge in [-0.05, 0) is 61.4 Å². The van der Waals surface area contributed by atoms with Crippen molar-refractivity contribution in [3.05, 3.63) is 54.3 Å². The van der Waals surface area contributed by atoms with E-state index in [0.29, 0.717) is 18.8 Å². The van der Waals surface area contributed by atoms with E-state index in [0.717, 1.165) is 35.5 Å². The van der Waals surface area contributed by atoms with Gasteiger partial charge in [-0.3, -0.25) is 9.10 Å². The molecule has 2 aromatic carbocycles. The maximum atomic E-state index is 13.1. The van der Waals surface area contributed by atoms with Crippen molar-refractivity contribution >= 4 is 31.6 Å². The Bertz CT molecular complexity index is 1160. The number of amides is 1. The Morgan fingerprint density at radius 2 is 1.64 bits per heavy atom. The topological polar surface area (TPSA) is 113 Å². The van der Waals surface area contributed by atoms with Crippen LogP contribution in [0.25, 0.3) is 0 Å². The zero-order valence-electron chi connectivity index (χ0n) is 18.1. The van der Waals surface area contributed by atoms with E-state index in [-0.39, 0.29) is 23.7 Å². The van der Waals surface area contributed by atoms with E-state index in [2.05, 4.69) is 5.32 Å². The van der Waals surface area contributed by atoms with E-state index in [1.165, 1.54) is 28.6 Å². The van der Waals surface area contributed by atoms with Crippen LogP contribution in [-0.2, 0) is 24.8 Å². The molecule has 1 amide bonds. The largest absolute Gasteiger partial charge is 0.492 e. The number of ether oxygens (including phenoxy) is 1. The fourth-order valence-electron chi connectivity index (χ4n) is 3.34. The maximum absolute atomic E-state index is 13.1. The van der Waals surface area contributed by atoms with Gasteiger partial charge in [-0.1, -0.05) is 0 Å². The van der Waals surface area contributed by atoms with Crippen molar-refractivity contribution in [1.29, 1.82) is 0 Å². The number of hydrogen-bond donors (Lipinski definition) is 1. The molecule has 0 unspecified atom stereocenters. The van der Waals surface area contributed by atoms with Gasteiger partial charge in [-0.2, -0.15) is 4.31 Å². The van der Waals surface area contributed by atoms with Crippen LogP contribution >= 0.6 is 0 Å². The Kier molecular flexibility index (Phi) is 7.92. The number of sulfonamides is 2. The molecule has 33 heavy (non-hydrogen) atoms. The Hall–Kier alpha value is -2.70. The molecule has 1 fully saturated rings. The Morgan fingerprint density at radius 1 is 1.03 bits per heavy atom. The summed E-state index contributed by atoms with van der Waals surface area (Å²) >= 11 is 0. The quantitative estimate of drug-likeness (QED) is 0.497. The number of carbonyl (C=O) groups excluding carboxylic acids is 1. The molecular formula is C21H26FN3O6S2. The zero-order valence-corrected chi connectivity index (χ0v) is 19.7. The van der Waals surface area contributed by atoms with Gasteiger partial charge in [0.15, 0.2) is 0 Å². The maximum Gasteiger partial charge on any atom is 0.243 e. The second-order valence-electron chi connectivity index (χ2n) is 7.53. The number of anilines is 1. The molecule has 3 rings (SSSR count). The van der Waals surface area contributed by atoms with Crippen LogP contribution in [0.5, 0.6) is 5.75 Å². The second kappa shape index (κ2) is 10.5. The molecule has 0 aliphatic carbocycles. The number of hydrogen-bond acceptors (Lipinski definition) is 6. The molecule has 1 N–H and O–H groups in total. The summed E-state index contributed by atoms with van der Waals surface area (Å²) in [5, 5.41) is 2.56. The standard InChI is InChI=1S/C21H26FN3O6S2/c1-32(27,28)25(18-6-4-17(22)5-7-18)16-21(26)23-12-15-31-19-8-10-20(11-9-19)33(29,30)24-13-2-3-14-24/h4-11H,2-3,12-16H2,1H3,(H,23,26). The van der Waals surface area contributed by atoms with Gasteiger partial charge in [0.1, 0.15) is 24.7 Å². The fourth-order valence-corrected chi connectivity index (χ4v) is 5.71. The lowest BCUT2D eigenvalue weighted by molar-refractivity contribution is -0.119.